The van der Waals surface area contributed by atoms with Crippen LogP contribution in [0.2, 0.25) is 0 Å². The van der Waals surface area contributed by atoms with E-state index in [1.54, 1.807) is 0 Å². The van der Waals surface area contributed by atoms with Crippen molar-refractivity contribution >= 4 is 11.6 Å². The van der Waals surface area contributed by atoms with Crippen LogP contribution in [-0.2, 0) is 22.5 Å². The van der Waals surface area contributed by atoms with Crippen molar-refractivity contribution in [3.05, 3.63) is 41.5 Å². The summed E-state index contributed by atoms with van der Waals surface area (Å²) in [5.74, 6) is 0.0654. The number of carbonyl (C=O) groups is 1. The zero-order chi connectivity index (χ0) is 27.5. The molecule has 1 amide bonds. The van der Waals surface area contributed by atoms with Crippen LogP contribution in [0.5, 0.6) is 0 Å². The predicted octanol–water partition coefficient (Wildman–Crippen LogP) is 1.68. The molecule has 40 heavy (non-hydrogen) atoms. The zero-order valence-corrected chi connectivity index (χ0v) is 24.3. The third kappa shape index (κ3) is 6.38. The molecule has 0 spiro atoms. The van der Waals surface area contributed by atoms with Gasteiger partial charge in [0.15, 0.2) is 0 Å². The van der Waals surface area contributed by atoms with Gasteiger partial charge in [0, 0.05) is 45.0 Å². The fourth-order valence-electron chi connectivity index (χ4n) is 6.78. The molecule has 0 saturated carbocycles. The molecular weight excluding hydrogens is 504 g/mol. The number of piperidine rings is 1. The highest BCUT2D eigenvalue weighted by atomic mass is 16.5. The van der Waals surface area contributed by atoms with E-state index in [1.807, 2.05) is 5.01 Å². The molecule has 3 saturated heterocycles. The number of nitrogens with zero attached hydrogens (tertiary/aromatic N) is 4. The molecule has 1 aromatic carbocycles. The third-order valence-electron chi connectivity index (χ3n) is 9.04. The molecule has 5 atom stereocenters. The fourth-order valence-corrected chi connectivity index (χ4v) is 6.78. The van der Waals surface area contributed by atoms with Crippen molar-refractivity contribution in [2.24, 2.45) is 5.92 Å². The van der Waals surface area contributed by atoms with E-state index in [0.29, 0.717) is 13.1 Å². The van der Waals surface area contributed by atoms with Gasteiger partial charge in [-0.3, -0.25) is 30.7 Å². The van der Waals surface area contributed by atoms with Crippen molar-refractivity contribution < 1.29 is 9.53 Å². The Hall–Kier alpha value is -2.05. The molecule has 10 nitrogen and oxygen atoms in total. The van der Waals surface area contributed by atoms with Crippen molar-refractivity contribution in [1.82, 2.24) is 35.8 Å². The molecule has 0 aliphatic carbocycles. The highest BCUT2D eigenvalue weighted by molar-refractivity contribution is 5.82. The molecule has 2 bridgehead atoms. The Balaban J connectivity index is 1.16. The van der Waals surface area contributed by atoms with Crippen LogP contribution in [-0.4, -0.2) is 104 Å². The third-order valence-corrected chi connectivity index (χ3v) is 9.04. The number of rotatable bonds is 5. The molecule has 220 valence electrons. The zero-order valence-electron chi connectivity index (χ0n) is 24.3. The number of nitrogens with one attached hydrogen (secondary N) is 4. The monoisotopic (exact) mass is 552 g/mol. The lowest BCUT2D eigenvalue weighted by Crippen LogP contribution is -2.68. The minimum absolute atomic E-state index is 0.0480. The van der Waals surface area contributed by atoms with E-state index >= 15 is 0 Å². The molecule has 5 aliphatic heterocycles. The van der Waals surface area contributed by atoms with Crippen LogP contribution >= 0.6 is 0 Å². The minimum Gasteiger partial charge on any atom is -0.363 e. The number of carbonyl (C=O) groups excluding carboxylic acids is 1. The molecule has 5 heterocycles. The average Bonchev–Trinajstić information content (AvgIpc) is 3.23. The van der Waals surface area contributed by atoms with Gasteiger partial charge >= 0.3 is 0 Å². The van der Waals surface area contributed by atoms with Gasteiger partial charge in [0.2, 0.25) is 5.91 Å². The quantitative estimate of drug-likeness (QED) is 0.408. The molecule has 4 N–H and O–H groups in total. The Labute approximate surface area is 239 Å². The number of anilines is 1. The van der Waals surface area contributed by atoms with E-state index in [0.717, 1.165) is 83.4 Å². The van der Waals surface area contributed by atoms with E-state index in [4.69, 9.17) is 4.74 Å². The molecule has 10 heteroatoms. The minimum atomic E-state index is -0.128. The van der Waals surface area contributed by atoms with Crippen LogP contribution in [0.3, 0.4) is 0 Å². The maximum Gasteiger partial charge on any atom is 0.244 e. The summed E-state index contributed by atoms with van der Waals surface area (Å²) < 4.78 is 6.20. The Morgan fingerprint density at radius 3 is 2.92 bits per heavy atom. The van der Waals surface area contributed by atoms with Gasteiger partial charge in [-0.25, -0.2) is 0 Å². The Morgan fingerprint density at radius 2 is 2.02 bits per heavy atom. The number of ether oxygens (including phenoxy) is 1. The van der Waals surface area contributed by atoms with Crippen molar-refractivity contribution in [3.8, 4) is 0 Å². The van der Waals surface area contributed by atoms with Gasteiger partial charge in [0.25, 0.3) is 0 Å². The highest BCUT2D eigenvalue weighted by Gasteiger charge is 2.52. The summed E-state index contributed by atoms with van der Waals surface area (Å²) in [6.45, 7) is 6.34. The van der Waals surface area contributed by atoms with Gasteiger partial charge in [-0.2, -0.15) is 5.01 Å². The number of amides is 1. The van der Waals surface area contributed by atoms with Gasteiger partial charge in [-0.1, -0.05) is 18.2 Å². The number of benzene rings is 1. The van der Waals surface area contributed by atoms with Crippen molar-refractivity contribution in [3.63, 3.8) is 0 Å². The summed E-state index contributed by atoms with van der Waals surface area (Å²) >= 11 is 0. The van der Waals surface area contributed by atoms with Gasteiger partial charge in [0.1, 0.15) is 12.5 Å². The standard InChI is InChI=1S/C30H48N8O2/c1-35(2)16-17-36-15-13-22-11-12-24(19-23(22)21-36)32-30-31-20-25-28(34-30)38-26-9-8-10-27(33-26)40-18-7-5-3-4-6-14-37(38)29(25)39/h4,6,11-12,19,25-28,30-34H,3,5,7-10,13-18,20-21H2,1-2H3/b6-4+. The summed E-state index contributed by atoms with van der Waals surface area (Å²) in [6.07, 6.45) is 11.7. The van der Waals surface area contributed by atoms with Crippen LogP contribution in [0.15, 0.2) is 30.4 Å². The number of fused-ring (bicyclic) bond motifs is 7. The molecule has 0 radical (unpaired) electrons. The number of hydrogen-bond donors (Lipinski definition) is 4. The summed E-state index contributed by atoms with van der Waals surface area (Å²) in [4.78, 5) is 18.5. The largest absolute Gasteiger partial charge is 0.363 e. The van der Waals surface area contributed by atoms with Crippen molar-refractivity contribution in [2.45, 2.75) is 76.3 Å². The first-order chi connectivity index (χ1) is 19.5. The van der Waals surface area contributed by atoms with E-state index in [1.165, 1.54) is 11.1 Å². The summed E-state index contributed by atoms with van der Waals surface area (Å²) in [6, 6.07) is 6.79. The summed E-state index contributed by atoms with van der Waals surface area (Å²) in [5.41, 5.74) is 3.97. The molecule has 0 aromatic heterocycles. The first-order valence-corrected chi connectivity index (χ1v) is 15.4. The van der Waals surface area contributed by atoms with Crippen LogP contribution in [0, 0.1) is 5.92 Å². The average molecular weight is 553 g/mol. The van der Waals surface area contributed by atoms with Crippen LogP contribution in [0.25, 0.3) is 0 Å². The molecule has 6 rings (SSSR count). The molecular formula is C30H48N8O2. The van der Waals surface area contributed by atoms with Gasteiger partial charge < -0.3 is 15.0 Å². The molecule has 1 aromatic rings. The summed E-state index contributed by atoms with van der Waals surface area (Å²) in [5, 5.41) is 19.0. The van der Waals surface area contributed by atoms with Gasteiger partial charge in [-0.05, 0) is 82.3 Å². The van der Waals surface area contributed by atoms with Gasteiger partial charge in [-0.15, -0.1) is 0 Å². The lowest BCUT2D eigenvalue weighted by molar-refractivity contribution is -0.148. The number of allylic oxidation sites excluding steroid dienone is 1. The molecule has 5 unspecified atom stereocenters. The van der Waals surface area contributed by atoms with E-state index < -0.39 is 0 Å². The number of likely N-dealkylation sites (N-methyl/N-ethyl adjacent to an activating group) is 1. The van der Waals surface area contributed by atoms with Crippen LogP contribution in [0.1, 0.15) is 49.7 Å². The first-order valence-electron chi connectivity index (χ1n) is 15.4. The Kier molecular flexibility index (Phi) is 9.03. The van der Waals surface area contributed by atoms with Crippen LogP contribution in [0.4, 0.5) is 5.69 Å². The smallest absolute Gasteiger partial charge is 0.244 e. The second-order valence-corrected chi connectivity index (χ2v) is 12.3. The lowest BCUT2D eigenvalue weighted by atomic mass is 9.99. The second kappa shape index (κ2) is 12.9. The Morgan fingerprint density at radius 1 is 1.10 bits per heavy atom. The van der Waals surface area contributed by atoms with Crippen molar-refractivity contribution in [1.29, 1.82) is 0 Å². The predicted molar refractivity (Wildman–Crippen MR) is 157 cm³/mol. The first kappa shape index (κ1) is 28.1. The SMILES string of the molecule is CN(C)CCN1CCc2ccc(NC3NCC4C(=O)N5C/C=C/CCCCOC6CCCC(N6)N5C4N3)cc2C1. The second-order valence-electron chi connectivity index (χ2n) is 12.3. The Bertz CT molecular complexity index is 1050. The topological polar surface area (TPSA) is 87.4 Å². The van der Waals surface area contributed by atoms with Crippen LogP contribution < -0.4 is 21.3 Å². The highest BCUT2D eigenvalue weighted by Crippen LogP contribution is 2.32. The molecule has 5 aliphatic rings. The van der Waals surface area contributed by atoms with E-state index in [-0.39, 0.29) is 36.7 Å². The van der Waals surface area contributed by atoms with Crippen molar-refractivity contribution in [2.75, 3.05) is 58.7 Å². The summed E-state index contributed by atoms with van der Waals surface area (Å²) in [7, 11) is 4.28. The normalized spacial score (nSPS) is 32.8. The van der Waals surface area contributed by atoms with Gasteiger partial charge in [0.05, 0.1) is 24.8 Å². The number of hydrogen-bond acceptors (Lipinski definition) is 9. The number of hydrazine groups is 1. The molecule has 3 fully saturated rings. The maximum atomic E-state index is 13.7. The van der Waals surface area contributed by atoms with E-state index in [9.17, 15) is 4.79 Å². The maximum absolute atomic E-state index is 13.7. The fraction of sp³-hybridized carbons (Fsp3) is 0.700. The van der Waals surface area contributed by atoms with E-state index in [2.05, 4.69) is 80.5 Å². The lowest BCUT2D eigenvalue weighted by Gasteiger charge is -2.44.